The second-order valence-electron chi connectivity index (χ2n) is 9.50. The Bertz CT molecular complexity index is 1320. The number of carbonyl (C=O) groups is 3. The standard InChI is InChI=1S/C25H34N8O4S/c1-15(2)21-20(24(36)27-5-6-33-7-9-37-10-8-33)29-25(38-21)30-23(35)19-12-17(14-32(19)4)28-22(34)18-11-16(26)13-31(18)3/h11-15H,5-10,26H2,1-4H3,(H,27,36)(H,28,34)(H,29,30,35). The third-order valence-electron chi connectivity index (χ3n) is 6.18. The quantitative estimate of drug-likeness (QED) is 0.324. The van der Waals surface area contributed by atoms with E-state index in [1.807, 2.05) is 13.8 Å². The fraction of sp³-hybridized carbons (Fsp3) is 0.440. The van der Waals surface area contributed by atoms with E-state index in [0.717, 1.165) is 24.5 Å². The molecular formula is C25H34N8O4S. The zero-order valence-electron chi connectivity index (χ0n) is 22.0. The number of amides is 3. The maximum absolute atomic E-state index is 13.1. The number of thiazole rings is 1. The van der Waals surface area contributed by atoms with Gasteiger partial charge in [0.05, 0.1) is 24.6 Å². The highest BCUT2D eigenvalue weighted by molar-refractivity contribution is 7.16. The first-order chi connectivity index (χ1) is 18.1. The highest BCUT2D eigenvalue weighted by Gasteiger charge is 2.23. The molecule has 5 N–H and O–H groups in total. The van der Waals surface area contributed by atoms with Crippen molar-refractivity contribution in [3.8, 4) is 0 Å². The fourth-order valence-corrected chi connectivity index (χ4v) is 5.17. The van der Waals surface area contributed by atoms with Gasteiger partial charge in [-0.2, -0.15) is 0 Å². The SMILES string of the molecule is CC(C)c1sc(NC(=O)c2cc(NC(=O)c3cc(N)cn3C)cn2C)nc1C(=O)NCCN1CCOCC1. The first-order valence-corrected chi connectivity index (χ1v) is 13.2. The summed E-state index contributed by atoms with van der Waals surface area (Å²) in [5, 5.41) is 8.87. The average Bonchev–Trinajstić information content (AvgIpc) is 3.55. The van der Waals surface area contributed by atoms with E-state index in [1.54, 1.807) is 47.8 Å². The number of aryl methyl sites for hydroxylation is 2. The van der Waals surface area contributed by atoms with Crippen molar-refractivity contribution in [2.75, 3.05) is 55.8 Å². The number of nitrogen functional groups attached to an aromatic ring is 1. The molecule has 1 fully saturated rings. The van der Waals surface area contributed by atoms with E-state index in [4.69, 9.17) is 10.5 Å². The van der Waals surface area contributed by atoms with Crippen molar-refractivity contribution in [3.05, 3.63) is 46.5 Å². The number of aromatic nitrogens is 3. The molecule has 4 heterocycles. The Labute approximate surface area is 225 Å². The lowest BCUT2D eigenvalue weighted by molar-refractivity contribution is 0.0383. The molecule has 13 heteroatoms. The van der Waals surface area contributed by atoms with Gasteiger partial charge in [-0.25, -0.2) is 4.98 Å². The average molecular weight is 543 g/mol. The van der Waals surface area contributed by atoms with Crippen molar-refractivity contribution < 1.29 is 19.1 Å². The van der Waals surface area contributed by atoms with Gasteiger partial charge in [-0.05, 0) is 18.1 Å². The molecule has 0 bridgehead atoms. The fourth-order valence-electron chi connectivity index (χ4n) is 4.21. The maximum Gasteiger partial charge on any atom is 0.274 e. The summed E-state index contributed by atoms with van der Waals surface area (Å²) in [6.45, 7) is 8.32. The van der Waals surface area contributed by atoms with Crippen LogP contribution < -0.4 is 21.7 Å². The third kappa shape index (κ3) is 6.41. The Morgan fingerprint density at radius 1 is 1.03 bits per heavy atom. The Morgan fingerprint density at radius 3 is 2.34 bits per heavy atom. The molecule has 3 aromatic heterocycles. The summed E-state index contributed by atoms with van der Waals surface area (Å²) in [6.07, 6.45) is 3.30. The first-order valence-electron chi connectivity index (χ1n) is 12.4. The summed E-state index contributed by atoms with van der Waals surface area (Å²) in [4.78, 5) is 46.1. The third-order valence-corrected chi connectivity index (χ3v) is 7.46. The Hall–Kier alpha value is -3.68. The van der Waals surface area contributed by atoms with Crippen molar-refractivity contribution >= 4 is 45.6 Å². The van der Waals surface area contributed by atoms with Gasteiger partial charge in [0.1, 0.15) is 17.1 Å². The van der Waals surface area contributed by atoms with Crippen LogP contribution in [0.5, 0.6) is 0 Å². The second kappa shape index (κ2) is 11.8. The molecule has 0 spiro atoms. The van der Waals surface area contributed by atoms with E-state index in [0.29, 0.717) is 53.3 Å². The van der Waals surface area contributed by atoms with Crippen molar-refractivity contribution in [1.82, 2.24) is 24.3 Å². The van der Waals surface area contributed by atoms with Crippen molar-refractivity contribution in [3.63, 3.8) is 0 Å². The molecule has 12 nitrogen and oxygen atoms in total. The minimum Gasteiger partial charge on any atom is -0.397 e. The smallest absolute Gasteiger partial charge is 0.274 e. The summed E-state index contributed by atoms with van der Waals surface area (Å²) in [5.41, 5.74) is 7.76. The molecule has 1 aliphatic rings. The van der Waals surface area contributed by atoms with Crippen molar-refractivity contribution in [2.45, 2.75) is 19.8 Å². The number of hydrogen-bond donors (Lipinski definition) is 4. The van der Waals surface area contributed by atoms with Gasteiger partial charge in [-0.15, -0.1) is 11.3 Å². The number of carbonyl (C=O) groups excluding carboxylic acids is 3. The molecule has 0 radical (unpaired) electrons. The van der Waals surface area contributed by atoms with E-state index < -0.39 is 5.91 Å². The lowest BCUT2D eigenvalue weighted by atomic mass is 10.1. The highest BCUT2D eigenvalue weighted by atomic mass is 32.1. The van der Waals surface area contributed by atoms with Crippen LogP contribution in [-0.2, 0) is 18.8 Å². The zero-order valence-corrected chi connectivity index (χ0v) is 22.9. The molecule has 0 atom stereocenters. The summed E-state index contributed by atoms with van der Waals surface area (Å²) in [7, 11) is 3.44. The van der Waals surface area contributed by atoms with Crippen LogP contribution in [0.1, 0.15) is 56.1 Å². The van der Waals surface area contributed by atoms with Crippen LogP contribution in [0.15, 0.2) is 24.5 Å². The monoisotopic (exact) mass is 542 g/mol. The molecule has 3 amide bonds. The number of anilines is 3. The van der Waals surface area contributed by atoms with Crippen LogP contribution in [-0.4, -0.2) is 76.1 Å². The van der Waals surface area contributed by atoms with Gasteiger partial charge in [0.2, 0.25) is 0 Å². The van der Waals surface area contributed by atoms with Gasteiger partial charge in [0.25, 0.3) is 17.7 Å². The normalized spacial score (nSPS) is 14.0. The Kier molecular flexibility index (Phi) is 8.49. The van der Waals surface area contributed by atoms with Gasteiger partial charge in [-0.1, -0.05) is 13.8 Å². The minimum absolute atomic E-state index is 0.0570. The highest BCUT2D eigenvalue weighted by Crippen LogP contribution is 2.30. The predicted molar refractivity (Wildman–Crippen MR) is 147 cm³/mol. The van der Waals surface area contributed by atoms with Crippen LogP contribution in [0.25, 0.3) is 0 Å². The van der Waals surface area contributed by atoms with Crippen LogP contribution in [0.2, 0.25) is 0 Å². The van der Waals surface area contributed by atoms with E-state index in [-0.39, 0.29) is 17.7 Å². The van der Waals surface area contributed by atoms with E-state index in [1.165, 1.54) is 11.3 Å². The zero-order chi connectivity index (χ0) is 27.4. The molecule has 0 unspecified atom stereocenters. The van der Waals surface area contributed by atoms with Gasteiger partial charge < -0.3 is 30.2 Å². The minimum atomic E-state index is -0.403. The molecule has 1 saturated heterocycles. The molecule has 4 rings (SSSR count). The number of nitrogens with zero attached hydrogens (tertiary/aromatic N) is 4. The Balaban J connectivity index is 1.40. The van der Waals surface area contributed by atoms with Crippen molar-refractivity contribution in [2.24, 2.45) is 14.1 Å². The number of nitrogens with one attached hydrogen (secondary N) is 3. The maximum atomic E-state index is 13.1. The van der Waals surface area contributed by atoms with Gasteiger partial charge in [0, 0.05) is 57.5 Å². The Morgan fingerprint density at radius 2 is 1.68 bits per heavy atom. The van der Waals surface area contributed by atoms with E-state index >= 15 is 0 Å². The van der Waals surface area contributed by atoms with Crippen LogP contribution in [0.3, 0.4) is 0 Å². The second-order valence-corrected chi connectivity index (χ2v) is 10.5. The molecule has 204 valence electrons. The lowest BCUT2D eigenvalue weighted by Crippen LogP contribution is -2.41. The topological polar surface area (TPSA) is 149 Å². The number of hydrogen-bond acceptors (Lipinski definition) is 8. The molecule has 0 saturated carbocycles. The predicted octanol–water partition coefficient (Wildman–Crippen LogP) is 2.09. The van der Waals surface area contributed by atoms with Gasteiger partial charge in [0.15, 0.2) is 5.13 Å². The molecule has 38 heavy (non-hydrogen) atoms. The van der Waals surface area contributed by atoms with Crippen LogP contribution in [0.4, 0.5) is 16.5 Å². The summed E-state index contributed by atoms with van der Waals surface area (Å²) in [5.74, 6) is -0.947. The lowest BCUT2D eigenvalue weighted by Gasteiger charge is -2.26. The summed E-state index contributed by atoms with van der Waals surface area (Å²) < 4.78 is 8.60. The molecular weight excluding hydrogens is 508 g/mol. The van der Waals surface area contributed by atoms with E-state index in [2.05, 4.69) is 25.8 Å². The number of ether oxygens (including phenoxy) is 1. The molecule has 0 aromatic carbocycles. The number of nitrogens with two attached hydrogens (primary N) is 1. The van der Waals surface area contributed by atoms with Gasteiger partial charge in [-0.3, -0.25) is 24.6 Å². The summed E-state index contributed by atoms with van der Waals surface area (Å²) >= 11 is 1.28. The molecule has 1 aliphatic heterocycles. The first kappa shape index (κ1) is 27.4. The van der Waals surface area contributed by atoms with Gasteiger partial charge >= 0.3 is 0 Å². The summed E-state index contributed by atoms with van der Waals surface area (Å²) in [6, 6.07) is 3.16. The largest absolute Gasteiger partial charge is 0.397 e. The van der Waals surface area contributed by atoms with Crippen LogP contribution >= 0.6 is 11.3 Å². The molecule has 3 aromatic rings. The number of rotatable bonds is 9. The van der Waals surface area contributed by atoms with Crippen molar-refractivity contribution in [1.29, 1.82) is 0 Å². The van der Waals surface area contributed by atoms with E-state index in [9.17, 15) is 14.4 Å². The van der Waals surface area contributed by atoms with Crippen LogP contribution in [0, 0.1) is 0 Å². The number of morpholine rings is 1. The molecule has 0 aliphatic carbocycles.